The molecule has 0 fully saturated rings. The highest BCUT2D eigenvalue weighted by Gasteiger charge is 2.23. The molecule has 1 amide bonds. The van der Waals surface area contributed by atoms with Crippen LogP contribution < -0.4 is 10.1 Å². The van der Waals surface area contributed by atoms with Gasteiger partial charge in [-0.25, -0.2) is 0 Å². The van der Waals surface area contributed by atoms with Gasteiger partial charge in [-0.1, -0.05) is 49.7 Å². The van der Waals surface area contributed by atoms with Crippen LogP contribution in [0, 0.1) is 13.8 Å². The first-order valence-electron chi connectivity index (χ1n) is 10.7. The normalized spacial score (nSPS) is 15.4. The van der Waals surface area contributed by atoms with E-state index in [1.807, 2.05) is 26.0 Å². The van der Waals surface area contributed by atoms with Crippen LogP contribution in [0.25, 0.3) is 0 Å². The Kier molecular flexibility index (Phi) is 6.77. The summed E-state index contributed by atoms with van der Waals surface area (Å²) < 4.78 is 6.07. The molecule has 0 unspecified atom stereocenters. The number of rotatable bonds is 7. The maximum Gasteiger partial charge on any atom is 0.261 e. The number of amides is 1. The Labute approximate surface area is 169 Å². The maximum atomic E-state index is 13.0. The Morgan fingerprint density at radius 2 is 1.75 bits per heavy atom. The number of benzene rings is 2. The van der Waals surface area contributed by atoms with Gasteiger partial charge >= 0.3 is 0 Å². The van der Waals surface area contributed by atoms with Crippen molar-refractivity contribution in [3.8, 4) is 5.75 Å². The molecule has 0 spiro atoms. The highest BCUT2D eigenvalue weighted by molar-refractivity contribution is 5.81. The summed E-state index contributed by atoms with van der Waals surface area (Å²) in [6, 6.07) is 12.8. The molecule has 0 aromatic heterocycles. The van der Waals surface area contributed by atoms with Crippen LogP contribution in [0.1, 0.15) is 73.4 Å². The van der Waals surface area contributed by atoms with Crippen molar-refractivity contribution in [3.05, 3.63) is 64.2 Å². The van der Waals surface area contributed by atoms with Gasteiger partial charge in [0.05, 0.1) is 6.04 Å². The van der Waals surface area contributed by atoms with E-state index in [0.29, 0.717) is 6.42 Å². The molecule has 2 atom stereocenters. The molecule has 1 aliphatic carbocycles. The van der Waals surface area contributed by atoms with Gasteiger partial charge < -0.3 is 10.1 Å². The lowest BCUT2D eigenvalue weighted by atomic mass is 9.88. The number of hydrogen-bond acceptors (Lipinski definition) is 2. The summed E-state index contributed by atoms with van der Waals surface area (Å²) in [5, 5.41) is 3.23. The second kappa shape index (κ2) is 9.27. The van der Waals surface area contributed by atoms with E-state index in [1.54, 1.807) is 0 Å². The van der Waals surface area contributed by atoms with Gasteiger partial charge in [0.15, 0.2) is 6.10 Å². The summed E-state index contributed by atoms with van der Waals surface area (Å²) in [5.74, 6) is 0.751. The van der Waals surface area contributed by atoms with Crippen molar-refractivity contribution in [2.24, 2.45) is 0 Å². The molecule has 0 saturated heterocycles. The fraction of sp³-hybridized carbons (Fsp3) is 0.480. The third-order valence-electron chi connectivity index (χ3n) is 5.76. The molecule has 28 heavy (non-hydrogen) atoms. The SMILES string of the molecule is CC[C@H](Oc1ccc(C)cc1C)C(=O)N[C@@H](CC)c1ccc2c(c1)CCCC2. The summed E-state index contributed by atoms with van der Waals surface area (Å²) in [6.07, 6.45) is 5.91. The van der Waals surface area contributed by atoms with Crippen molar-refractivity contribution in [3.63, 3.8) is 0 Å². The lowest BCUT2D eigenvalue weighted by molar-refractivity contribution is -0.129. The Bertz CT molecular complexity index is 827. The number of carbonyl (C=O) groups excluding carboxylic acids is 1. The molecule has 150 valence electrons. The fourth-order valence-corrected chi connectivity index (χ4v) is 4.06. The van der Waals surface area contributed by atoms with E-state index in [4.69, 9.17) is 4.74 Å². The van der Waals surface area contributed by atoms with Crippen molar-refractivity contribution < 1.29 is 9.53 Å². The van der Waals surface area contributed by atoms with E-state index in [-0.39, 0.29) is 11.9 Å². The van der Waals surface area contributed by atoms with Gasteiger partial charge in [-0.15, -0.1) is 0 Å². The zero-order chi connectivity index (χ0) is 20.1. The van der Waals surface area contributed by atoms with E-state index in [9.17, 15) is 4.79 Å². The largest absolute Gasteiger partial charge is 0.480 e. The van der Waals surface area contributed by atoms with Crippen LogP contribution in [-0.2, 0) is 17.6 Å². The van der Waals surface area contributed by atoms with Gasteiger partial charge in [-0.3, -0.25) is 4.79 Å². The number of carbonyl (C=O) groups is 1. The van der Waals surface area contributed by atoms with E-state index >= 15 is 0 Å². The molecule has 3 rings (SSSR count). The first kappa shape index (κ1) is 20.4. The van der Waals surface area contributed by atoms with Crippen LogP contribution in [0.4, 0.5) is 0 Å². The van der Waals surface area contributed by atoms with Gasteiger partial charge in [0, 0.05) is 0 Å². The summed E-state index contributed by atoms with van der Waals surface area (Å²) in [4.78, 5) is 13.0. The Balaban J connectivity index is 1.71. The van der Waals surface area contributed by atoms with Crippen LogP contribution in [0.15, 0.2) is 36.4 Å². The van der Waals surface area contributed by atoms with E-state index in [0.717, 1.165) is 24.2 Å². The molecule has 2 aromatic carbocycles. The zero-order valence-corrected chi connectivity index (χ0v) is 17.7. The van der Waals surface area contributed by atoms with E-state index in [1.165, 1.54) is 41.5 Å². The number of aryl methyl sites for hydroxylation is 4. The minimum Gasteiger partial charge on any atom is -0.480 e. The molecule has 0 aliphatic heterocycles. The molecular formula is C25H33NO2. The number of ether oxygens (including phenoxy) is 1. The zero-order valence-electron chi connectivity index (χ0n) is 17.7. The highest BCUT2D eigenvalue weighted by atomic mass is 16.5. The van der Waals surface area contributed by atoms with Crippen molar-refractivity contribution in [2.45, 2.75) is 78.4 Å². The summed E-state index contributed by atoms with van der Waals surface area (Å²) in [6.45, 7) is 8.20. The fourth-order valence-electron chi connectivity index (χ4n) is 4.06. The average molecular weight is 380 g/mol. The molecule has 3 heteroatoms. The van der Waals surface area contributed by atoms with Gasteiger partial charge in [0.2, 0.25) is 0 Å². The maximum absolute atomic E-state index is 13.0. The molecule has 0 radical (unpaired) electrons. The Hall–Kier alpha value is -2.29. The first-order valence-corrected chi connectivity index (χ1v) is 10.7. The molecule has 0 heterocycles. The van der Waals surface area contributed by atoms with Gasteiger partial charge in [0.1, 0.15) is 5.75 Å². The highest BCUT2D eigenvalue weighted by Crippen LogP contribution is 2.27. The Morgan fingerprint density at radius 3 is 2.43 bits per heavy atom. The summed E-state index contributed by atoms with van der Waals surface area (Å²) in [5.41, 5.74) is 6.39. The minimum atomic E-state index is -0.479. The minimum absolute atomic E-state index is 0.0245. The van der Waals surface area contributed by atoms with E-state index < -0.39 is 6.10 Å². The summed E-state index contributed by atoms with van der Waals surface area (Å²) in [7, 11) is 0. The second-order valence-electron chi connectivity index (χ2n) is 7.99. The molecule has 3 nitrogen and oxygen atoms in total. The van der Waals surface area contributed by atoms with Crippen LogP contribution in [0.2, 0.25) is 0 Å². The average Bonchev–Trinajstić information content (AvgIpc) is 2.71. The molecule has 0 saturated carbocycles. The third kappa shape index (κ3) is 4.76. The molecule has 1 N–H and O–H groups in total. The predicted octanol–water partition coefficient (Wildman–Crippen LogP) is 5.61. The van der Waals surface area contributed by atoms with Crippen LogP contribution in [0.3, 0.4) is 0 Å². The van der Waals surface area contributed by atoms with Crippen LogP contribution >= 0.6 is 0 Å². The van der Waals surface area contributed by atoms with Crippen molar-refractivity contribution in [2.75, 3.05) is 0 Å². The Morgan fingerprint density at radius 1 is 1.00 bits per heavy atom. The molecule has 2 aromatic rings. The smallest absolute Gasteiger partial charge is 0.261 e. The second-order valence-corrected chi connectivity index (χ2v) is 7.99. The molecular weight excluding hydrogens is 346 g/mol. The molecule has 1 aliphatic rings. The monoisotopic (exact) mass is 379 g/mol. The topological polar surface area (TPSA) is 38.3 Å². The van der Waals surface area contributed by atoms with Gasteiger partial charge in [-0.05, 0) is 80.7 Å². The third-order valence-corrected chi connectivity index (χ3v) is 5.76. The lowest BCUT2D eigenvalue weighted by Crippen LogP contribution is -2.40. The number of fused-ring (bicyclic) bond motifs is 1. The number of hydrogen-bond donors (Lipinski definition) is 1. The lowest BCUT2D eigenvalue weighted by Gasteiger charge is -2.24. The first-order chi connectivity index (χ1) is 13.5. The quantitative estimate of drug-likeness (QED) is 0.679. The standard InChI is InChI=1S/C25H33NO2/c1-5-22(21-13-12-19-9-7-8-10-20(19)16-21)26-25(27)23(6-2)28-24-14-11-17(3)15-18(24)4/h11-16,22-23H,5-10H2,1-4H3,(H,26,27)/t22-,23-/m0/s1. The van der Waals surface area contributed by atoms with Gasteiger partial charge in [-0.2, -0.15) is 0 Å². The van der Waals surface area contributed by atoms with Crippen molar-refractivity contribution >= 4 is 5.91 Å². The predicted molar refractivity (Wildman–Crippen MR) is 115 cm³/mol. The van der Waals surface area contributed by atoms with Crippen molar-refractivity contribution in [1.82, 2.24) is 5.32 Å². The van der Waals surface area contributed by atoms with E-state index in [2.05, 4.69) is 43.4 Å². The molecule has 0 bridgehead atoms. The van der Waals surface area contributed by atoms with Crippen molar-refractivity contribution in [1.29, 1.82) is 0 Å². The van der Waals surface area contributed by atoms with Crippen LogP contribution in [0.5, 0.6) is 5.75 Å². The van der Waals surface area contributed by atoms with Crippen LogP contribution in [-0.4, -0.2) is 12.0 Å². The van der Waals surface area contributed by atoms with Gasteiger partial charge in [0.25, 0.3) is 5.91 Å². The summed E-state index contributed by atoms with van der Waals surface area (Å²) >= 11 is 0. The number of nitrogens with one attached hydrogen (secondary N) is 1.